The second kappa shape index (κ2) is 5.04. The fourth-order valence-corrected chi connectivity index (χ4v) is 4.12. The van der Waals surface area contributed by atoms with Crippen molar-refractivity contribution in [1.82, 2.24) is 9.55 Å². The van der Waals surface area contributed by atoms with Crippen LogP contribution in [0.4, 0.5) is 0 Å². The summed E-state index contributed by atoms with van der Waals surface area (Å²) in [5.74, 6) is 4.15. The lowest BCUT2D eigenvalue weighted by atomic mass is 9.83. The van der Waals surface area contributed by atoms with E-state index in [0.29, 0.717) is 6.04 Å². The molecule has 100 valence electrons. The summed E-state index contributed by atoms with van der Waals surface area (Å²) in [4.78, 5) is 4.37. The first-order chi connectivity index (χ1) is 8.72. The van der Waals surface area contributed by atoms with Crippen LogP contribution in [0.15, 0.2) is 12.4 Å². The molecular weight excluding hydrogens is 222 g/mol. The molecule has 2 aliphatic rings. The largest absolute Gasteiger partial charge is 0.338 e. The van der Waals surface area contributed by atoms with E-state index in [4.69, 9.17) is 5.73 Å². The first kappa shape index (κ1) is 12.2. The Morgan fingerprint density at radius 3 is 2.94 bits per heavy atom. The molecule has 1 heterocycles. The van der Waals surface area contributed by atoms with E-state index in [1.165, 1.54) is 37.9 Å². The molecule has 3 nitrogen and oxygen atoms in total. The van der Waals surface area contributed by atoms with Crippen molar-refractivity contribution in [2.45, 2.75) is 51.0 Å². The van der Waals surface area contributed by atoms with E-state index in [1.54, 1.807) is 0 Å². The van der Waals surface area contributed by atoms with Crippen molar-refractivity contribution in [2.24, 2.45) is 30.5 Å². The molecule has 0 aliphatic heterocycles. The summed E-state index contributed by atoms with van der Waals surface area (Å²) in [6, 6.07) is 0.367. The average molecular weight is 247 g/mol. The fraction of sp³-hybridized carbons (Fsp3) is 0.800. The lowest BCUT2D eigenvalue weighted by Crippen LogP contribution is -2.27. The van der Waals surface area contributed by atoms with Crippen molar-refractivity contribution in [3.63, 3.8) is 0 Å². The van der Waals surface area contributed by atoms with Crippen LogP contribution < -0.4 is 5.73 Å². The number of aryl methyl sites for hydroxylation is 2. The maximum absolute atomic E-state index is 6.31. The van der Waals surface area contributed by atoms with Gasteiger partial charge in [-0.05, 0) is 49.9 Å². The van der Waals surface area contributed by atoms with Gasteiger partial charge in [0, 0.05) is 31.9 Å². The molecular formula is C15H25N3. The fourth-order valence-electron chi connectivity index (χ4n) is 4.12. The van der Waals surface area contributed by atoms with E-state index in [2.05, 4.69) is 16.6 Å². The van der Waals surface area contributed by atoms with E-state index in [-0.39, 0.29) is 0 Å². The first-order valence-electron chi connectivity index (χ1n) is 7.44. The van der Waals surface area contributed by atoms with Crippen LogP contribution in [0.2, 0.25) is 0 Å². The molecule has 0 spiro atoms. The predicted molar refractivity (Wildman–Crippen MR) is 73.1 cm³/mol. The number of rotatable bonds is 5. The molecule has 4 atom stereocenters. The van der Waals surface area contributed by atoms with Crippen LogP contribution in [0.1, 0.15) is 44.3 Å². The number of hydrogen-bond donors (Lipinski definition) is 1. The Hall–Kier alpha value is -0.830. The first-order valence-corrected chi connectivity index (χ1v) is 7.44. The predicted octanol–water partition coefficient (Wildman–Crippen LogP) is 2.51. The van der Waals surface area contributed by atoms with Crippen molar-refractivity contribution >= 4 is 0 Å². The second-order valence-electron chi connectivity index (χ2n) is 6.42. The van der Waals surface area contributed by atoms with Gasteiger partial charge in [0.15, 0.2) is 0 Å². The molecule has 2 saturated carbocycles. The van der Waals surface area contributed by atoms with Crippen molar-refractivity contribution in [3.8, 4) is 0 Å². The SMILES string of the molecule is Cn1ccnc1CCC(N)CC1CC2CCC1C2. The van der Waals surface area contributed by atoms with Crippen LogP contribution in [-0.2, 0) is 13.5 Å². The third kappa shape index (κ3) is 2.46. The van der Waals surface area contributed by atoms with Crippen molar-refractivity contribution in [1.29, 1.82) is 0 Å². The van der Waals surface area contributed by atoms with Gasteiger partial charge in [-0.25, -0.2) is 4.98 Å². The van der Waals surface area contributed by atoms with Crippen LogP contribution in [0.5, 0.6) is 0 Å². The Balaban J connectivity index is 1.45. The molecule has 0 saturated heterocycles. The molecule has 2 N–H and O–H groups in total. The monoisotopic (exact) mass is 247 g/mol. The van der Waals surface area contributed by atoms with Crippen molar-refractivity contribution < 1.29 is 0 Å². The summed E-state index contributed by atoms with van der Waals surface area (Å²) >= 11 is 0. The van der Waals surface area contributed by atoms with Crippen LogP contribution in [0.25, 0.3) is 0 Å². The Labute approximate surface area is 110 Å². The molecule has 1 aromatic rings. The van der Waals surface area contributed by atoms with E-state index < -0.39 is 0 Å². The number of nitrogens with two attached hydrogens (primary N) is 1. The lowest BCUT2D eigenvalue weighted by molar-refractivity contribution is 0.290. The van der Waals surface area contributed by atoms with Gasteiger partial charge in [-0.3, -0.25) is 0 Å². The van der Waals surface area contributed by atoms with Gasteiger partial charge in [0.05, 0.1) is 0 Å². The Morgan fingerprint density at radius 2 is 2.33 bits per heavy atom. The zero-order valence-corrected chi connectivity index (χ0v) is 11.4. The van der Waals surface area contributed by atoms with Crippen molar-refractivity contribution in [3.05, 3.63) is 18.2 Å². The number of aromatic nitrogens is 2. The van der Waals surface area contributed by atoms with Gasteiger partial charge >= 0.3 is 0 Å². The Morgan fingerprint density at radius 1 is 1.44 bits per heavy atom. The molecule has 3 rings (SSSR count). The highest BCUT2D eigenvalue weighted by Crippen LogP contribution is 2.49. The normalized spacial score (nSPS) is 32.0. The molecule has 0 aromatic carbocycles. The second-order valence-corrected chi connectivity index (χ2v) is 6.42. The van der Waals surface area contributed by atoms with E-state index >= 15 is 0 Å². The van der Waals surface area contributed by atoms with Gasteiger partial charge in [0.25, 0.3) is 0 Å². The molecule has 0 amide bonds. The molecule has 3 heteroatoms. The van der Waals surface area contributed by atoms with Gasteiger partial charge in [0.2, 0.25) is 0 Å². The quantitative estimate of drug-likeness (QED) is 0.869. The van der Waals surface area contributed by atoms with Crippen LogP contribution in [-0.4, -0.2) is 15.6 Å². The molecule has 4 unspecified atom stereocenters. The average Bonchev–Trinajstić information content (AvgIpc) is 3.03. The standard InChI is InChI=1S/C15H25N3/c1-18-7-6-17-15(18)5-4-14(16)10-13-9-11-2-3-12(13)8-11/h6-7,11-14H,2-5,8-10,16H2,1H3. The van der Waals surface area contributed by atoms with Crippen molar-refractivity contribution in [2.75, 3.05) is 0 Å². The van der Waals surface area contributed by atoms with Crippen LogP contribution in [0.3, 0.4) is 0 Å². The number of nitrogens with zero attached hydrogens (tertiary/aromatic N) is 2. The molecule has 2 fully saturated rings. The van der Waals surface area contributed by atoms with Gasteiger partial charge in [-0.1, -0.05) is 6.42 Å². The summed E-state index contributed by atoms with van der Waals surface area (Å²) in [5, 5.41) is 0. The van der Waals surface area contributed by atoms with E-state index in [9.17, 15) is 0 Å². The van der Waals surface area contributed by atoms with Crippen LogP contribution in [0, 0.1) is 17.8 Å². The number of hydrogen-bond acceptors (Lipinski definition) is 2. The molecule has 2 bridgehead atoms. The molecule has 18 heavy (non-hydrogen) atoms. The number of fused-ring (bicyclic) bond motifs is 2. The van der Waals surface area contributed by atoms with Crippen LogP contribution >= 0.6 is 0 Å². The highest BCUT2D eigenvalue weighted by Gasteiger charge is 2.39. The Kier molecular flexibility index (Phi) is 3.42. The highest BCUT2D eigenvalue weighted by atomic mass is 15.0. The maximum atomic E-state index is 6.31. The minimum atomic E-state index is 0.367. The third-order valence-corrected chi connectivity index (χ3v) is 5.15. The van der Waals surface area contributed by atoms with E-state index in [0.717, 1.165) is 30.6 Å². The highest BCUT2D eigenvalue weighted by molar-refractivity contribution is 4.94. The molecule has 0 radical (unpaired) electrons. The smallest absolute Gasteiger partial charge is 0.108 e. The summed E-state index contributed by atoms with van der Waals surface area (Å²) in [7, 11) is 2.06. The lowest BCUT2D eigenvalue weighted by Gasteiger charge is -2.24. The number of imidazole rings is 1. The topological polar surface area (TPSA) is 43.8 Å². The zero-order chi connectivity index (χ0) is 12.5. The summed E-state index contributed by atoms with van der Waals surface area (Å²) in [6.45, 7) is 0. The summed E-state index contributed by atoms with van der Waals surface area (Å²) in [6.07, 6.45) is 13.1. The molecule has 2 aliphatic carbocycles. The maximum Gasteiger partial charge on any atom is 0.108 e. The minimum absolute atomic E-state index is 0.367. The Bertz CT molecular complexity index is 398. The van der Waals surface area contributed by atoms with Gasteiger partial charge in [-0.2, -0.15) is 0 Å². The third-order valence-electron chi connectivity index (χ3n) is 5.15. The summed E-state index contributed by atoms with van der Waals surface area (Å²) < 4.78 is 2.10. The summed E-state index contributed by atoms with van der Waals surface area (Å²) in [5.41, 5.74) is 6.31. The van der Waals surface area contributed by atoms with Gasteiger partial charge in [0.1, 0.15) is 5.82 Å². The van der Waals surface area contributed by atoms with Gasteiger partial charge < -0.3 is 10.3 Å². The van der Waals surface area contributed by atoms with Gasteiger partial charge in [-0.15, -0.1) is 0 Å². The zero-order valence-electron chi connectivity index (χ0n) is 11.4. The molecule has 1 aromatic heterocycles. The minimum Gasteiger partial charge on any atom is -0.338 e. The van der Waals surface area contributed by atoms with E-state index in [1.807, 2.05) is 12.4 Å².